The fourth-order valence-electron chi connectivity index (χ4n) is 6.73. The number of anilines is 1. The van der Waals surface area contributed by atoms with Gasteiger partial charge in [0.1, 0.15) is 0 Å². The first-order chi connectivity index (χ1) is 19.2. The smallest absolute Gasteiger partial charge is 0.242 e. The molecule has 3 heterocycles. The van der Waals surface area contributed by atoms with Gasteiger partial charge in [0, 0.05) is 0 Å². The average molecular weight is 543 g/mol. The molecule has 6 heteroatoms. The van der Waals surface area contributed by atoms with E-state index in [0.717, 1.165) is 22.3 Å². The number of imide groups is 1. The van der Waals surface area contributed by atoms with Gasteiger partial charge in [0.25, 0.3) is 0 Å². The van der Waals surface area contributed by atoms with Crippen molar-refractivity contribution in [2.45, 2.75) is 10.8 Å². The van der Waals surface area contributed by atoms with Gasteiger partial charge in [-0.1, -0.05) is 109 Å². The van der Waals surface area contributed by atoms with Crippen LogP contribution in [-0.4, -0.2) is 23.6 Å². The largest absolute Gasteiger partial charge is 0.274 e. The van der Waals surface area contributed by atoms with Crippen LogP contribution in [0.2, 0.25) is 0 Å². The molecule has 0 aromatic heterocycles. The van der Waals surface area contributed by atoms with Gasteiger partial charge in [0.2, 0.25) is 11.8 Å². The van der Waals surface area contributed by atoms with Crippen LogP contribution in [0.15, 0.2) is 121 Å². The van der Waals surface area contributed by atoms with Crippen molar-refractivity contribution >= 4 is 43.6 Å². The summed E-state index contributed by atoms with van der Waals surface area (Å²) < 4.78 is 0. The van der Waals surface area contributed by atoms with E-state index >= 15 is 0 Å². The van der Waals surface area contributed by atoms with Crippen LogP contribution in [0.4, 0.5) is 5.69 Å². The molecule has 4 aromatic rings. The molecule has 4 nitrogen and oxygen atoms in total. The van der Waals surface area contributed by atoms with Crippen molar-refractivity contribution in [3.63, 3.8) is 0 Å². The third kappa shape index (κ3) is 3.31. The lowest BCUT2D eigenvalue weighted by Crippen LogP contribution is -2.40. The van der Waals surface area contributed by atoms with Crippen molar-refractivity contribution in [3.05, 3.63) is 138 Å². The van der Waals surface area contributed by atoms with Crippen LogP contribution >= 0.6 is 15.2 Å². The second-order valence-electron chi connectivity index (χ2n) is 9.92. The number of amides is 2. The molecule has 0 saturated carbocycles. The number of carbonyl (C=O) groups excluding carboxylic acids is 2. The zero-order valence-corrected chi connectivity index (χ0v) is 22.8. The van der Waals surface area contributed by atoms with Crippen LogP contribution in [0.5, 0.6) is 0 Å². The van der Waals surface area contributed by atoms with Crippen LogP contribution < -0.4 is 4.90 Å². The normalized spacial score (nSPS) is 27.1. The molecule has 2 saturated heterocycles. The Morgan fingerprint density at radius 1 is 0.718 bits per heavy atom. The summed E-state index contributed by atoms with van der Waals surface area (Å²) in [6.07, 6.45) is 0.349. The molecule has 2 fully saturated rings. The Morgan fingerprint density at radius 3 is 1.85 bits per heavy atom. The zero-order valence-electron chi connectivity index (χ0n) is 21.0. The number of rotatable bonds is 5. The van der Waals surface area contributed by atoms with Crippen molar-refractivity contribution in [1.82, 2.24) is 0 Å². The first-order valence-electron chi connectivity index (χ1n) is 13.0. The van der Waals surface area contributed by atoms with E-state index in [1.165, 1.54) is 10.2 Å². The zero-order chi connectivity index (χ0) is 26.6. The van der Waals surface area contributed by atoms with E-state index in [9.17, 15) is 14.9 Å². The number of hydrogen-bond acceptors (Lipinski definition) is 3. The van der Waals surface area contributed by atoms with Crippen molar-refractivity contribution in [3.8, 4) is 6.07 Å². The van der Waals surface area contributed by atoms with Crippen LogP contribution in [0.3, 0.4) is 0 Å². The molecular formula is C33H24N2O2P2. The highest BCUT2D eigenvalue weighted by Gasteiger charge is 2.75. The predicted molar refractivity (Wildman–Crippen MR) is 158 cm³/mol. The standard InChI is InChI=1S/C33H24N2O2P2/c34-21-22-38-33(25-17-9-3-10-18-25)27(23-13-5-1-6-14-23)29(24-15-7-2-8-16-24)39(38)30-28(33)31(36)35(32(30)37)26-19-11-4-12-20-26/h1-20,28,30H,22H2/t28-,30+,33+,38?,39?/m0/s1. The molecule has 3 aliphatic rings. The van der Waals surface area contributed by atoms with Gasteiger partial charge < -0.3 is 0 Å². The van der Waals surface area contributed by atoms with Crippen LogP contribution in [0.25, 0.3) is 10.9 Å². The number of nitrogens with zero attached hydrogens (tertiary/aromatic N) is 2. The number of allylic oxidation sites excluding steroid dienone is 1. The molecule has 0 aliphatic carbocycles. The van der Waals surface area contributed by atoms with Crippen molar-refractivity contribution in [2.75, 3.05) is 11.1 Å². The maximum Gasteiger partial charge on any atom is 0.242 e. The van der Waals surface area contributed by atoms with Crippen LogP contribution in [-0.2, 0) is 14.7 Å². The minimum Gasteiger partial charge on any atom is -0.274 e. The highest BCUT2D eigenvalue weighted by molar-refractivity contribution is 8.36. The summed E-state index contributed by atoms with van der Waals surface area (Å²) in [5.74, 6) is -0.803. The van der Waals surface area contributed by atoms with E-state index in [4.69, 9.17) is 0 Å². The van der Waals surface area contributed by atoms with Crippen molar-refractivity contribution in [2.24, 2.45) is 5.92 Å². The van der Waals surface area contributed by atoms with Gasteiger partial charge in [0.15, 0.2) is 0 Å². The number of nitriles is 1. The fourth-order valence-corrected chi connectivity index (χ4v) is 17.7. The molecular weight excluding hydrogens is 518 g/mol. The van der Waals surface area contributed by atoms with Crippen LogP contribution in [0, 0.1) is 17.2 Å². The first-order valence-corrected chi connectivity index (χ1v) is 16.6. The lowest BCUT2D eigenvalue weighted by Gasteiger charge is -2.40. The maximum absolute atomic E-state index is 14.6. The van der Waals surface area contributed by atoms with Gasteiger partial charge in [-0.15, -0.1) is 0 Å². The Bertz CT molecular complexity index is 1650. The lowest BCUT2D eigenvalue weighted by molar-refractivity contribution is -0.122. The van der Waals surface area contributed by atoms with E-state index in [-0.39, 0.29) is 11.8 Å². The molecule has 39 heavy (non-hydrogen) atoms. The second-order valence-corrected chi connectivity index (χ2v) is 16.2. The number of hydrogen-bond donors (Lipinski definition) is 0. The number of benzene rings is 4. The molecule has 0 radical (unpaired) electrons. The molecule has 3 aliphatic heterocycles. The average Bonchev–Trinajstić information content (AvgIpc) is 3.55. The predicted octanol–water partition coefficient (Wildman–Crippen LogP) is 7.44. The SMILES string of the molecule is N#CCP1P2C(c3ccccc3)=C(c3ccccc3)[C@]1(c1ccccc1)[C@@H]1C(=O)N(c3ccccc3)C(=O)[C@@H]12. The molecule has 5 atom stereocenters. The minimum atomic E-state index is -1.13. The van der Waals surface area contributed by atoms with E-state index in [0.29, 0.717) is 11.8 Å². The molecule has 4 aromatic carbocycles. The Kier molecular flexibility index (Phi) is 5.82. The lowest BCUT2D eigenvalue weighted by atomic mass is 9.74. The third-order valence-electron chi connectivity index (χ3n) is 8.06. The number of carbonyl (C=O) groups is 2. The van der Waals surface area contributed by atoms with E-state index < -0.39 is 32.0 Å². The minimum absolute atomic E-state index is 0.119. The summed E-state index contributed by atoms with van der Waals surface area (Å²) in [5.41, 5.74) is 4.48. The molecule has 2 bridgehead atoms. The highest BCUT2D eigenvalue weighted by Crippen LogP contribution is 3.00. The first kappa shape index (κ1) is 24.2. The summed E-state index contributed by atoms with van der Waals surface area (Å²) in [5, 5.41) is 10.6. The number of para-hydroxylation sites is 1. The topological polar surface area (TPSA) is 61.2 Å². The van der Waals surface area contributed by atoms with E-state index in [2.05, 4.69) is 42.5 Å². The molecule has 2 unspecified atom stereocenters. The van der Waals surface area contributed by atoms with Crippen molar-refractivity contribution < 1.29 is 9.59 Å². The Morgan fingerprint density at radius 2 is 1.26 bits per heavy atom. The number of fused-ring (bicyclic) bond motifs is 5. The van der Waals surface area contributed by atoms with Crippen molar-refractivity contribution in [1.29, 1.82) is 5.26 Å². The van der Waals surface area contributed by atoms with Gasteiger partial charge in [-0.25, -0.2) is 4.90 Å². The second kappa shape index (κ2) is 9.39. The van der Waals surface area contributed by atoms with Crippen LogP contribution in [0.1, 0.15) is 16.7 Å². The summed E-state index contributed by atoms with van der Waals surface area (Å²) in [6.45, 7) is 0. The van der Waals surface area contributed by atoms with Gasteiger partial charge in [-0.2, -0.15) is 5.26 Å². The molecule has 188 valence electrons. The molecule has 7 rings (SSSR count). The summed E-state index contributed by atoms with van der Waals surface area (Å²) in [4.78, 5) is 30.3. The molecule has 2 amide bonds. The van der Waals surface area contributed by atoms with Gasteiger partial charge in [0.05, 0.1) is 34.7 Å². The van der Waals surface area contributed by atoms with Gasteiger partial charge in [-0.05, 0) is 54.9 Å². The fraction of sp³-hybridized carbons (Fsp3) is 0.121. The van der Waals surface area contributed by atoms with Gasteiger partial charge in [-0.3, -0.25) is 9.59 Å². The third-order valence-corrected chi connectivity index (χ3v) is 16.9. The molecule has 0 spiro atoms. The monoisotopic (exact) mass is 542 g/mol. The Balaban J connectivity index is 1.58. The maximum atomic E-state index is 14.6. The quantitative estimate of drug-likeness (QED) is 0.195. The summed E-state index contributed by atoms with van der Waals surface area (Å²) in [6, 6.07) is 42.6. The molecule has 0 N–H and O–H groups in total. The van der Waals surface area contributed by atoms with E-state index in [1.54, 1.807) is 0 Å². The Hall–Kier alpha value is -3.89. The Labute approximate surface area is 230 Å². The highest BCUT2D eigenvalue weighted by atomic mass is 32.1. The summed E-state index contributed by atoms with van der Waals surface area (Å²) in [7, 11) is -2.18. The van der Waals surface area contributed by atoms with Gasteiger partial charge >= 0.3 is 0 Å². The summed E-state index contributed by atoms with van der Waals surface area (Å²) >= 11 is 0. The van der Waals surface area contributed by atoms with E-state index in [1.807, 2.05) is 84.9 Å².